The van der Waals surface area contributed by atoms with E-state index in [1.165, 1.54) is 24.3 Å². The molecular weight excluding hydrogens is 722 g/mol. The molecule has 4 nitrogen and oxygen atoms in total. The van der Waals surface area contributed by atoms with Crippen molar-refractivity contribution in [1.82, 2.24) is 9.55 Å². The topological polar surface area (TPSA) is 54.9 Å². The van der Waals surface area contributed by atoms with Crippen molar-refractivity contribution in [2.24, 2.45) is 0 Å². The number of aromatic amines is 1. The lowest BCUT2D eigenvalue weighted by molar-refractivity contribution is 0.626. The molecule has 4 aromatic carbocycles. The van der Waals surface area contributed by atoms with Crippen LogP contribution in [-0.4, -0.2) is 9.55 Å². The van der Waals surface area contributed by atoms with Crippen molar-refractivity contribution in [2.75, 3.05) is 0 Å². The Balaban J connectivity index is 0.000000156. The van der Waals surface area contributed by atoms with E-state index < -0.39 is 0 Å². The Morgan fingerprint density at radius 3 is 1.78 bits per heavy atom. The molecule has 0 saturated carbocycles. The van der Waals surface area contributed by atoms with Gasteiger partial charge >= 0.3 is 0 Å². The van der Waals surface area contributed by atoms with Gasteiger partial charge in [-0.05, 0) is 82.6 Å². The molecule has 208 valence electrons. The number of nitrogens with one attached hydrogen (secondary N) is 1. The molecule has 6 aromatic rings. The van der Waals surface area contributed by atoms with Crippen LogP contribution in [0.15, 0.2) is 128 Å². The fraction of sp³-hybridized carbons (Fsp3) is 0.0625. The Labute approximate surface area is 260 Å². The molecule has 0 spiro atoms. The van der Waals surface area contributed by atoms with Crippen molar-refractivity contribution in [2.45, 2.75) is 11.9 Å². The van der Waals surface area contributed by atoms with Crippen LogP contribution >= 0.6 is 47.8 Å². The first-order valence-corrected chi connectivity index (χ1v) is 15.0. The minimum absolute atomic E-state index is 0.0474. The predicted octanol–water partition coefficient (Wildman–Crippen LogP) is 8.96. The van der Waals surface area contributed by atoms with Crippen molar-refractivity contribution >= 4 is 69.3 Å². The molecule has 0 radical (unpaired) electrons. The Hall–Kier alpha value is -3.40. The molecule has 41 heavy (non-hydrogen) atoms. The van der Waals surface area contributed by atoms with Gasteiger partial charge < -0.3 is 9.55 Å². The first-order valence-electron chi connectivity index (χ1n) is 12.3. The summed E-state index contributed by atoms with van der Waals surface area (Å²) in [4.78, 5) is 26.3. The fourth-order valence-electron chi connectivity index (χ4n) is 3.89. The van der Waals surface area contributed by atoms with Crippen LogP contribution in [0.5, 0.6) is 0 Å². The van der Waals surface area contributed by atoms with Gasteiger partial charge in [0.25, 0.3) is 11.1 Å². The summed E-state index contributed by atoms with van der Waals surface area (Å²) in [5, 5.41) is 4.04. The van der Waals surface area contributed by atoms with E-state index in [2.05, 4.69) is 52.8 Å². The van der Waals surface area contributed by atoms with Crippen LogP contribution in [0.4, 0.5) is 8.78 Å². The van der Waals surface area contributed by atoms with E-state index in [4.69, 9.17) is 0 Å². The van der Waals surface area contributed by atoms with Crippen LogP contribution in [0.3, 0.4) is 0 Å². The van der Waals surface area contributed by atoms with Gasteiger partial charge in [0.1, 0.15) is 11.6 Å². The monoisotopic (exact) mass is 742 g/mol. The molecule has 0 aliphatic rings. The summed E-state index contributed by atoms with van der Waals surface area (Å²) in [6.07, 6.45) is 3.42. The molecule has 6 rings (SSSR count). The third-order valence-corrected chi connectivity index (χ3v) is 7.65. The van der Waals surface area contributed by atoms with E-state index in [-0.39, 0.29) is 22.8 Å². The molecule has 0 atom stereocenters. The number of hydrogen-bond donors (Lipinski definition) is 1. The Morgan fingerprint density at radius 1 is 0.659 bits per heavy atom. The quantitative estimate of drug-likeness (QED) is 0.184. The molecule has 2 heterocycles. The molecule has 9 heteroatoms. The van der Waals surface area contributed by atoms with Crippen LogP contribution < -0.4 is 11.1 Å². The van der Waals surface area contributed by atoms with Crippen LogP contribution in [0.1, 0.15) is 11.1 Å². The van der Waals surface area contributed by atoms with Gasteiger partial charge in [0.2, 0.25) is 0 Å². The third-order valence-electron chi connectivity index (χ3n) is 6.01. The number of fused-ring (bicyclic) bond motifs is 2. The van der Waals surface area contributed by atoms with Crippen molar-refractivity contribution in [3.8, 4) is 0 Å². The van der Waals surface area contributed by atoms with Gasteiger partial charge in [0, 0.05) is 37.4 Å². The smallest absolute Gasteiger partial charge is 0.258 e. The summed E-state index contributed by atoms with van der Waals surface area (Å²) in [6.45, 7) is 0.432. The maximum atomic E-state index is 12.9. The lowest BCUT2D eigenvalue weighted by Gasteiger charge is -2.07. The van der Waals surface area contributed by atoms with Gasteiger partial charge in [0.15, 0.2) is 0 Å². The molecule has 0 saturated heterocycles. The maximum Gasteiger partial charge on any atom is 0.258 e. The van der Waals surface area contributed by atoms with Gasteiger partial charge in [-0.3, -0.25) is 9.59 Å². The average Bonchev–Trinajstić information content (AvgIpc) is 2.97. The SMILES string of the molecule is Fc1ccc(CBr)cc1.O=c1[nH]ccc2ccc(Br)cc12.O=c1c2cc(Br)ccc2ccn1Cc1ccc(F)cc1. The number of aromatic nitrogens is 2. The molecule has 0 amide bonds. The zero-order valence-corrected chi connectivity index (χ0v) is 26.2. The lowest BCUT2D eigenvalue weighted by Crippen LogP contribution is -2.20. The van der Waals surface area contributed by atoms with Crippen molar-refractivity contribution < 1.29 is 8.78 Å². The normalized spacial score (nSPS) is 10.5. The van der Waals surface area contributed by atoms with E-state index in [1.54, 1.807) is 41.2 Å². The Kier molecular flexibility index (Phi) is 10.8. The summed E-state index contributed by atoms with van der Waals surface area (Å²) >= 11 is 9.95. The molecule has 0 bridgehead atoms. The first kappa shape index (κ1) is 30.6. The summed E-state index contributed by atoms with van der Waals surface area (Å²) < 4.78 is 28.5. The van der Waals surface area contributed by atoms with Crippen molar-refractivity contribution in [3.05, 3.63) is 162 Å². The van der Waals surface area contributed by atoms with E-state index in [9.17, 15) is 18.4 Å². The summed E-state index contributed by atoms with van der Waals surface area (Å²) in [5.41, 5.74) is 1.89. The molecule has 0 aliphatic carbocycles. The number of H-pyrrole nitrogens is 1. The highest BCUT2D eigenvalue weighted by atomic mass is 79.9. The second-order valence-electron chi connectivity index (χ2n) is 8.91. The minimum Gasteiger partial charge on any atom is -0.329 e. The number of hydrogen-bond acceptors (Lipinski definition) is 2. The minimum atomic E-state index is -0.275. The highest BCUT2D eigenvalue weighted by Gasteiger charge is 2.04. The molecule has 0 aliphatic heterocycles. The van der Waals surface area contributed by atoms with Gasteiger partial charge in [-0.15, -0.1) is 0 Å². The number of rotatable bonds is 3. The third kappa shape index (κ3) is 8.55. The number of alkyl halides is 1. The highest BCUT2D eigenvalue weighted by Crippen LogP contribution is 2.17. The molecule has 2 aromatic heterocycles. The number of nitrogens with zero attached hydrogens (tertiary/aromatic N) is 1. The van der Waals surface area contributed by atoms with Gasteiger partial charge in [-0.25, -0.2) is 8.78 Å². The van der Waals surface area contributed by atoms with Crippen molar-refractivity contribution in [3.63, 3.8) is 0 Å². The first-order chi connectivity index (χ1) is 19.7. The van der Waals surface area contributed by atoms with E-state index in [0.717, 1.165) is 36.2 Å². The molecule has 1 N–H and O–H groups in total. The van der Waals surface area contributed by atoms with Gasteiger partial charge in [-0.1, -0.05) is 84.2 Å². The van der Waals surface area contributed by atoms with E-state index >= 15 is 0 Å². The molecule has 0 unspecified atom stereocenters. The lowest BCUT2D eigenvalue weighted by atomic mass is 10.1. The van der Waals surface area contributed by atoms with Crippen LogP contribution in [0.2, 0.25) is 0 Å². The summed E-state index contributed by atoms with van der Waals surface area (Å²) in [5.74, 6) is -0.455. The second kappa shape index (κ2) is 14.5. The second-order valence-corrected chi connectivity index (χ2v) is 11.3. The predicted molar refractivity (Wildman–Crippen MR) is 173 cm³/mol. The molecular formula is C32H23Br3F2N2O2. The molecule has 0 fully saturated rings. The van der Waals surface area contributed by atoms with E-state index in [0.29, 0.717) is 17.3 Å². The number of halogens is 5. The fourth-order valence-corrected chi connectivity index (χ4v) is 4.99. The largest absolute Gasteiger partial charge is 0.329 e. The Morgan fingerprint density at radius 2 is 1.20 bits per heavy atom. The van der Waals surface area contributed by atoms with Crippen LogP contribution in [0.25, 0.3) is 21.5 Å². The summed E-state index contributed by atoms with van der Waals surface area (Å²) in [6, 6.07) is 27.7. The van der Waals surface area contributed by atoms with Crippen LogP contribution in [0, 0.1) is 11.6 Å². The van der Waals surface area contributed by atoms with Crippen LogP contribution in [-0.2, 0) is 11.9 Å². The van der Waals surface area contributed by atoms with Gasteiger partial charge in [0.05, 0.1) is 6.54 Å². The average molecular weight is 745 g/mol. The number of pyridine rings is 2. The highest BCUT2D eigenvalue weighted by molar-refractivity contribution is 9.10. The van der Waals surface area contributed by atoms with Crippen molar-refractivity contribution in [1.29, 1.82) is 0 Å². The standard InChI is InChI=1S/C16H11BrFNO.C9H6BrNO.C7H6BrF/c17-13-4-3-12-7-8-19(16(20)15(12)9-13)10-11-1-5-14(18)6-2-11;10-7-2-1-6-3-4-11-9(12)8(6)5-7;8-5-6-1-3-7(9)4-2-6/h1-9H,10H2;1-5H,(H,11,12);1-4H,5H2. The summed E-state index contributed by atoms with van der Waals surface area (Å²) in [7, 11) is 0. The zero-order chi connectivity index (χ0) is 29.4. The van der Waals surface area contributed by atoms with E-state index in [1.807, 2.05) is 48.5 Å². The van der Waals surface area contributed by atoms with Gasteiger partial charge in [-0.2, -0.15) is 0 Å². The number of benzene rings is 4. The Bertz CT molecular complexity index is 1890. The zero-order valence-electron chi connectivity index (χ0n) is 21.5. The maximum absolute atomic E-state index is 12.9.